The molecule has 0 fully saturated rings. The largest absolute Gasteiger partial charge is 0.0622 e. The van der Waals surface area contributed by atoms with E-state index in [1.807, 2.05) is 0 Å². The van der Waals surface area contributed by atoms with Gasteiger partial charge in [-0.1, -0.05) is 421 Å². The summed E-state index contributed by atoms with van der Waals surface area (Å²) < 4.78 is 0. The van der Waals surface area contributed by atoms with Crippen LogP contribution in [0.5, 0.6) is 0 Å². The monoisotopic (exact) mass is 1390 g/mol. The normalized spacial score (nSPS) is 11.5. The SMILES string of the molecule is c1ccc(CCCCCCCCCCc2ccc(P(c3ccc(CCCCCCCCCCc4ccccc4)cc3)c3ccccc3-c3ccccc3P(c3ccc(CCCCCCCCCCc4ccccc4)cc3)c3ccc(CCCCCCCCCCc4ccccc4)cc3)cc2)cc1. The predicted octanol–water partition coefficient (Wildman–Crippen LogP) is 26.5. The minimum Gasteiger partial charge on any atom is -0.0622 e. The lowest BCUT2D eigenvalue weighted by molar-refractivity contribution is 0.567. The first-order valence-electron chi connectivity index (χ1n) is 41.0. The highest BCUT2D eigenvalue weighted by atomic mass is 31.1. The fraction of sp³-hybridized carbons (Fsp3) is 0.400. The molecule has 0 saturated heterocycles. The van der Waals surface area contributed by atoms with E-state index >= 15 is 0 Å². The fourth-order valence-electron chi connectivity index (χ4n) is 15.3. The molecule has 10 rings (SSSR count). The highest BCUT2D eigenvalue weighted by molar-refractivity contribution is 7.80. The average molecular weight is 1390 g/mol. The predicted molar refractivity (Wildman–Crippen MR) is 452 cm³/mol. The van der Waals surface area contributed by atoms with Crippen molar-refractivity contribution >= 4 is 47.7 Å². The van der Waals surface area contributed by atoms with Crippen LogP contribution < -0.4 is 31.8 Å². The molecule has 102 heavy (non-hydrogen) atoms. The fourth-order valence-corrected chi connectivity index (χ4v) is 20.2. The van der Waals surface area contributed by atoms with Crippen molar-refractivity contribution in [2.45, 2.75) is 257 Å². The zero-order valence-electron chi connectivity index (χ0n) is 62.6. The van der Waals surface area contributed by atoms with Gasteiger partial charge in [-0.15, -0.1) is 0 Å². The third kappa shape index (κ3) is 28.3. The Hall–Kier alpha value is -6.94. The molecule has 10 aromatic carbocycles. The molecule has 0 amide bonds. The van der Waals surface area contributed by atoms with Crippen molar-refractivity contribution in [3.8, 4) is 11.1 Å². The van der Waals surface area contributed by atoms with Crippen molar-refractivity contribution in [2.24, 2.45) is 0 Å². The Bertz CT molecular complexity index is 3290. The van der Waals surface area contributed by atoms with Crippen LogP contribution in [0.1, 0.15) is 250 Å². The molecule has 0 aliphatic heterocycles. The number of rotatable bonds is 51. The van der Waals surface area contributed by atoms with Crippen molar-refractivity contribution in [1.82, 2.24) is 0 Å². The van der Waals surface area contributed by atoms with Crippen LogP contribution in [0.4, 0.5) is 0 Å². The van der Waals surface area contributed by atoms with E-state index in [4.69, 9.17) is 0 Å². The van der Waals surface area contributed by atoms with E-state index in [1.165, 1.54) is 319 Å². The second-order valence-corrected chi connectivity index (χ2v) is 34.0. The van der Waals surface area contributed by atoms with Crippen molar-refractivity contribution in [3.63, 3.8) is 0 Å². The molecule has 0 aliphatic carbocycles. The molecule has 0 nitrogen and oxygen atoms in total. The van der Waals surface area contributed by atoms with Crippen molar-refractivity contribution in [1.29, 1.82) is 0 Å². The van der Waals surface area contributed by atoms with Crippen LogP contribution in [0, 0.1) is 0 Å². The van der Waals surface area contributed by atoms with Crippen LogP contribution in [-0.4, -0.2) is 0 Å². The lowest BCUT2D eigenvalue weighted by atomic mass is 10.0. The smallest absolute Gasteiger partial charge is 0.00724 e. The molecule has 0 spiro atoms. The lowest BCUT2D eigenvalue weighted by Crippen LogP contribution is -2.26. The summed E-state index contributed by atoms with van der Waals surface area (Å²) in [4.78, 5) is 0. The molecule has 0 bridgehead atoms. The number of hydrogen-bond acceptors (Lipinski definition) is 0. The van der Waals surface area contributed by atoms with Crippen LogP contribution in [0.2, 0.25) is 0 Å². The topological polar surface area (TPSA) is 0 Å². The zero-order valence-corrected chi connectivity index (χ0v) is 64.4. The molecule has 0 aliphatic rings. The molecule has 0 N–H and O–H groups in total. The molecule has 0 atom stereocenters. The van der Waals surface area contributed by atoms with Gasteiger partial charge in [-0.05, 0) is 206 Å². The molecule has 0 radical (unpaired) electrons. The molecule has 10 aromatic rings. The summed E-state index contributed by atoms with van der Waals surface area (Å²) in [5.41, 5.74) is 14.6. The highest BCUT2D eigenvalue weighted by Crippen LogP contribution is 2.42. The van der Waals surface area contributed by atoms with E-state index in [-0.39, 0.29) is 0 Å². The van der Waals surface area contributed by atoms with Gasteiger partial charge in [0.25, 0.3) is 0 Å². The number of hydrogen-bond donors (Lipinski definition) is 0. The summed E-state index contributed by atoms with van der Waals surface area (Å²) in [7, 11) is -1.77. The van der Waals surface area contributed by atoms with Gasteiger partial charge >= 0.3 is 0 Å². The maximum absolute atomic E-state index is 2.51. The van der Waals surface area contributed by atoms with Crippen LogP contribution in [-0.2, 0) is 51.4 Å². The van der Waals surface area contributed by atoms with E-state index in [0.29, 0.717) is 0 Å². The maximum Gasteiger partial charge on any atom is -0.00724 e. The second-order valence-electron chi connectivity index (χ2n) is 29.6. The van der Waals surface area contributed by atoms with Gasteiger partial charge in [0.2, 0.25) is 0 Å². The first kappa shape index (κ1) is 77.7. The molecule has 2 heteroatoms. The molecular weight excluding hydrogens is 1260 g/mol. The minimum absolute atomic E-state index is 0.884. The van der Waals surface area contributed by atoms with Gasteiger partial charge in [0.05, 0.1) is 0 Å². The Labute approximate surface area is 623 Å². The summed E-state index contributed by atoms with van der Waals surface area (Å²) in [5.74, 6) is 0. The molecular formula is C100H124P2. The van der Waals surface area contributed by atoms with Gasteiger partial charge in [0, 0.05) is 0 Å². The van der Waals surface area contributed by atoms with E-state index in [1.54, 1.807) is 0 Å². The van der Waals surface area contributed by atoms with E-state index < -0.39 is 15.8 Å². The van der Waals surface area contributed by atoms with Gasteiger partial charge in [0.1, 0.15) is 0 Å². The second kappa shape index (κ2) is 47.4. The van der Waals surface area contributed by atoms with Crippen molar-refractivity contribution in [3.05, 3.63) is 311 Å². The first-order valence-corrected chi connectivity index (χ1v) is 43.7. The number of benzene rings is 10. The lowest BCUT2D eigenvalue weighted by Gasteiger charge is -2.26. The summed E-state index contributed by atoms with van der Waals surface area (Å²) >= 11 is 0. The Kier molecular flexibility index (Phi) is 36.1. The van der Waals surface area contributed by atoms with E-state index in [0.717, 1.165) is 25.7 Å². The minimum atomic E-state index is -0.884. The first-order chi connectivity index (χ1) is 50.7. The average Bonchev–Trinajstić information content (AvgIpc) is 0.759. The van der Waals surface area contributed by atoms with Gasteiger partial charge in [-0.3, -0.25) is 0 Å². The van der Waals surface area contributed by atoms with Crippen molar-refractivity contribution < 1.29 is 0 Å². The van der Waals surface area contributed by atoms with E-state index in [2.05, 4.69) is 267 Å². The van der Waals surface area contributed by atoms with E-state index in [9.17, 15) is 0 Å². The zero-order chi connectivity index (χ0) is 69.8. The third-order valence-electron chi connectivity index (χ3n) is 21.5. The Morgan fingerprint density at radius 3 is 0.461 bits per heavy atom. The Balaban J connectivity index is 0.812. The van der Waals surface area contributed by atoms with Crippen LogP contribution in [0.25, 0.3) is 11.1 Å². The summed E-state index contributed by atoms with van der Waals surface area (Å²) in [6.07, 6.45) is 52.2. The molecule has 534 valence electrons. The molecule has 0 heterocycles. The Morgan fingerprint density at radius 1 is 0.127 bits per heavy atom. The molecule has 0 unspecified atom stereocenters. The van der Waals surface area contributed by atoms with Gasteiger partial charge in [-0.2, -0.15) is 0 Å². The quantitative estimate of drug-likeness (QED) is 0.0263. The maximum atomic E-state index is 2.51. The Morgan fingerprint density at radius 2 is 0.275 bits per heavy atom. The molecule has 0 aromatic heterocycles. The number of aryl methyl sites for hydroxylation is 8. The standard InChI is InChI=1S/C100H124P2/c1(9-17-29-49-85-53-37-25-38-54-85)5-13-21-33-61-89-69-77-93(78-70-89)101(94-79-71-90(72-80-94)62-34-22-14-6-2-10-18-30-50-86-55-39-26-40-56-86)99-67-47-45-65-97(99)98-66-46-48-68-100(98)102(95-81-73-91(74-82-95)63-35-23-15-7-3-11-19-31-51-87-57-41-27-42-58-87)96-83-75-92(76-84-96)64-36-24-16-8-4-12-20-32-52-88-59-43-28-44-60-88/h25-28,37-48,53-60,65-84H,1-24,29-36,49-52,61-64H2. The van der Waals surface area contributed by atoms with Crippen LogP contribution >= 0.6 is 15.8 Å². The van der Waals surface area contributed by atoms with Gasteiger partial charge in [-0.25, -0.2) is 0 Å². The highest BCUT2D eigenvalue weighted by Gasteiger charge is 2.26. The van der Waals surface area contributed by atoms with Gasteiger partial charge in [0.15, 0.2) is 0 Å². The molecule has 0 saturated carbocycles. The van der Waals surface area contributed by atoms with Gasteiger partial charge < -0.3 is 0 Å². The van der Waals surface area contributed by atoms with Crippen molar-refractivity contribution in [2.75, 3.05) is 0 Å². The summed E-state index contributed by atoms with van der Waals surface area (Å²) in [6, 6.07) is 103. The summed E-state index contributed by atoms with van der Waals surface area (Å²) in [6.45, 7) is 0. The third-order valence-corrected chi connectivity index (χ3v) is 26.5. The van der Waals surface area contributed by atoms with Crippen LogP contribution in [0.3, 0.4) is 0 Å². The summed E-state index contributed by atoms with van der Waals surface area (Å²) in [5, 5.41) is 8.67. The van der Waals surface area contributed by atoms with Crippen LogP contribution in [0.15, 0.2) is 267 Å². The number of unbranched alkanes of at least 4 members (excludes halogenated alkanes) is 28.